The van der Waals surface area contributed by atoms with Crippen LogP contribution in [0.4, 0.5) is 0 Å². The highest BCUT2D eigenvalue weighted by molar-refractivity contribution is 6.46. The topological polar surface area (TPSA) is 74.1 Å². The Labute approximate surface area is 189 Å². The minimum Gasteiger partial charge on any atom is -0.872 e. The summed E-state index contributed by atoms with van der Waals surface area (Å²) in [7, 11) is 0. The molecular formula is C26H30N2O4. The number of quaternary nitrogens is 1. The van der Waals surface area contributed by atoms with Crippen LogP contribution in [0.25, 0.3) is 5.76 Å². The molecule has 2 aliphatic rings. The van der Waals surface area contributed by atoms with Crippen molar-refractivity contribution in [3.63, 3.8) is 0 Å². The number of benzene rings is 2. The van der Waals surface area contributed by atoms with Gasteiger partial charge in [0.25, 0.3) is 5.91 Å². The van der Waals surface area contributed by atoms with E-state index in [1.807, 2.05) is 43.3 Å². The van der Waals surface area contributed by atoms with Crippen LogP contribution in [0.15, 0.2) is 54.1 Å². The summed E-state index contributed by atoms with van der Waals surface area (Å²) in [4.78, 5) is 29.1. The maximum absolute atomic E-state index is 13.4. The van der Waals surface area contributed by atoms with Crippen molar-refractivity contribution in [2.45, 2.75) is 26.3 Å². The second kappa shape index (κ2) is 9.67. The molecule has 2 heterocycles. The first-order valence-electron chi connectivity index (χ1n) is 11.3. The van der Waals surface area contributed by atoms with Gasteiger partial charge in [-0.3, -0.25) is 9.59 Å². The highest BCUT2D eigenvalue weighted by Crippen LogP contribution is 2.38. The molecule has 0 radical (unpaired) electrons. The van der Waals surface area contributed by atoms with E-state index in [0.29, 0.717) is 25.3 Å². The molecule has 1 N–H and O–H groups in total. The number of rotatable bonds is 6. The maximum Gasteiger partial charge on any atom is 0.295 e. The predicted octanol–water partition coefficient (Wildman–Crippen LogP) is 0.697. The van der Waals surface area contributed by atoms with Gasteiger partial charge in [-0.1, -0.05) is 66.8 Å². The van der Waals surface area contributed by atoms with E-state index in [0.717, 1.165) is 37.2 Å². The number of amides is 1. The predicted molar refractivity (Wildman–Crippen MR) is 120 cm³/mol. The Morgan fingerprint density at radius 3 is 2.34 bits per heavy atom. The Morgan fingerprint density at radius 2 is 1.72 bits per heavy atom. The van der Waals surface area contributed by atoms with E-state index in [1.54, 1.807) is 17.0 Å². The van der Waals surface area contributed by atoms with Crippen LogP contribution < -0.4 is 10.0 Å². The van der Waals surface area contributed by atoms with Crippen molar-refractivity contribution in [2.75, 3.05) is 39.4 Å². The van der Waals surface area contributed by atoms with Crippen LogP contribution in [-0.4, -0.2) is 56.0 Å². The van der Waals surface area contributed by atoms with E-state index in [9.17, 15) is 14.7 Å². The zero-order valence-corrected chi connectivity index (χ0v) is 18.7. The number of carbonyl (C=O) groups excluding carboxylic acids is 2. The van der Waals surface area contributed by atoms with Gasteiger partial charge in [-0.15, -0.1) is 0 Å². The zero-order valence-electron chi connectivity index (χ0n) is 18.7. The summed E-state index contributed by atoms with van der Waals surface area (Å²) in [5.74, 6) is -1.64. The number of Topliss-reactive ketones (excluding diaryl/α,β-unsaturated/α-hetero) is 1. The minimum absolute atomic E-state index is 0.0556. The van der Waals surface area contributed by atoms with E-state index in [-0.39, 0.29) is 11.3 Å². The maximum atomic E-state index is 13.4. The van der Waals surface area contributed by atoms with Gasteiger partial charge in [0.15, 0.2) is 0 Å². The normalized spacial score (nSPS) is 21.3. The van der Waals surface area contributed by atoms with Crippen molar-refractivity contribution in [1.82, 2.24) is 4.90 Å². The number of hydrogen-bond donors (Lipinski definition) is 1. The van der Waals surface area contributed by atoms with E-state index >= 15 is 0 Å². The fraction of sp³-hybridized carbons (Fsp3) is 0.385. The first kappa shape index (κ1) is 22.2. The smallest absolute Gasteiger partial charge is 0.295 e. The Balaban J connectivity index is 1.72. The number of morpholine rings is 1. The lowest BCUT2D eigenvalue weighted by molar-refractivity contribution is -0.907. The van der Waals surface area contributed by atoms with Crippen LogP contribution >= 0.6 is 0 Å². The quantitative estimate of drug-likeness (QED) is 0.413. The van der Waals surface area contributed by atoms with E-state index in [4.69, 9.17) is 4.74 Å². The van der Waals surface area contributed by atoms with E-state index in [1.165, 1.54) is 10.5 Å². The number of hydrogen-bond acceptors (Lipinski definition) is 4. The van der Waals surface area contributed by atoms with Crippen molar-refractivity contribution >= 4 is 17.4 Å². The Kier molecular flexibility index (Phi) is 6.72. The van der Waals surface area contributed by atoms with Gasteiger partial charge in [0, 0.05) is 5.57 Å². The van der Waals surface area contributed by atoms with Gasteiger partial charge in [-0.2, -0.15) is 0 Å². The lowest BCUT2D eigenvalue weighted by atomic mass is 9.94. The number of ether oxygens (including phenoxy) is 1. The molecule has 2 aromatic rings. The van der Waals surface area contributed by atoms with Gasteiger partial charge < -0.3 is 19.6 Å². The molecule has 2 saturated heterocycles. The molecule has 2 aliphatic heterocycles. The third kappa shape index (κ3) is 4.47. The Bertz CT molecular complexity index is 1010. The van der Waals surface area contributed by atoms with Crippen molar-refractivity contribution in [2.24, 2.45) is 0 Å². The monoisotopic (exact) mass is 434 g/mol. The van der Waals surface area contributed by atoms with Crippen molar-refractivity contribution < 1.29 is 24.3 Å². The summed E-state index contributed by atoms with van der Waals surface area (Å²) in [6.07, 6.45) is 0.895. The van der Waals surface area contributed by atoms with Gasteiger partial charge in [-0.05, 0) is 30.0 Å². The van der Waals surface area contributed by atoms with Gasteiger partial charge in [0.2, 0.25) is 5.78 Å². The molecular weight excluding hydrogens is 404 g/mol. The fourth-order valence-corrected chi connectivity index (χ4v) is 4.43. The van der Waals surface area contributed by atoms with E-state index < -0.39 is 17.7 Å². The van der Waals surface area contributed by atoms with Crippen LogP contribution in [0, 0.1) is 6.92 Å². The summed E-state index contributed by atoms with van der Waals surface area (Å²) < 4.78 is 5.42. The van der Waals surface area contributed by atoms with Crippen LogP contribution in [0.1, 0.15) is 35.2 Å². The van der Waals surface area contributed by atoms with Gasteiger partial charge >= 0.3 is 0 Å². The summed E-state index contributed by atoms with van der Waals surface area (Å²) >= 11 is 0. The van der Waals surface area contributed by atoms with Crippen molar-refractivity contribution in [1.29, 1.82) is 0 Å². The Hall–Kier alpha value is -2.96. The molecule has 1 unspecified atom stereocenters. The Morgan fingerprint density at radius 1 is 1.06 bits per heavy atom. The van der Waals surface area contributed by atoms with Crippen LogP contribution in [0.2, 0.25) is 0 Å². The lowest BCUT2D eigenvalue weighted by Gasteiger charge is -2.30. The fourth-order valence-electron chi connectivity index (χ4n) is 4.43. The van der Waals surface area contributed by atoms with Crippen LogP contribution in [0.3, 0.4) is 0 Å². The average Bonchev–Trinajstić information content (AvgIpc) is 3.08. The SMILES string of the molecule is CCc1ccc(C2/C(=C(\[O-])c3ccc(C)cc3)C(=O)C(=O)N2CC[NH+]2CCOCC2)cc1. The van der Waals surface area contributed by atoms with Gasteiger partial charge in [0.05, 0.1) is 32.3 Å². The van der Waals surface area contributed by atoms with Crippen molar-refractivity contribution in [3.8, 4) is 0 Å². The second-order valence-corrected chi connectivity index (χ2v) is 8.55. The summed E-state index contributed by atoms with van der Waals surface area (Å²) in [6, 6.07) is 14.4. The highest BCUT2D eigenvalue weighted by Gasteiger charge is 2.44. The standard InChI is InChI=1S/C26H30N2O4/c1-3-19-6-10-20(11-7-19)23-22(24(29)21-8-4-18(2)5-9-21)25(30)26(31)28(23)13-12-27-14-16-32-17-15-27/h4-11,23,29H,3,12-17H2,1-2H3/b24-22+. The molecule has 6 nitrogen and oxygen atoms in total. The first-order chi connectivity index (χ1) is 15.5. The molecule has 2 aromatic carbocycles. The summed E-state index contributed by atoms with van der Waals surface area (Å²) in [6.45, 7) is 8.33. The molecule has 0 aromatic heterocycles. The largest absolute Gasteiger partial charge is 0.872 e. The van der Waals surface area contributed by atoms with E-state index in [2.05, 4.69) is 6.92 Å². The van der Waals surface area contributed by atoms with Crippen molar-refractivity contribution in [3.05, 3.63) is 76.4 Å². The number of nitrogens with one attached hydrogen (secondary N) is 1. The number of aryl methyl sites for hydroxylation is 2. The zero-order chi connectivity index (χ0) is 22.7. The number of nitrogens with zero attached hydrogens (tertiary/aromatic N) is 1. The number of carbonyl (C=O) groups is 2. The molecule has 0 bridgehead atoms. The number of ketones is 1. The van der Waals surface area contributed by atoms with Gasteiger partial charge in [0.1, 0.15) is 13.1 Å². The van der Waals surface area contributed by atoms with Gasteiger partial charge in [-0.25, -0.2) is 0 Å². The number of likely N-dealkylation sites (tertiary alicyclic amines) is 1. The van der Waals surface area contributed by atoms with Crippen LogP contribution in [0.5, 0.6) is 0 Å². The highest BCUT2D eigenvalue weighted by atomic mass is 16.5. The molecule has 168 valence electrons. The molecule has 0 spiro atoms. The molecule has 32 heavy (non-hydrogen) atoms. The third-order valence-electron chi connectivity index (χ3n) is 6.45. The molecule has 4 rings (SSSR count). The van der Waals surface area contributed by atoms with Crippen LogP contribution in [-0.2, 0) is 20.7 Å². The molecule has 0 saturated carbocycles. The molecule has 2 fully saturated rings. The first-order valence-corrected chi connectivity index (χ1v) is 11.3. The molecule has 1 amide bonds. The average molecular weight is 435 g/mol. The molecule has 0 aliphatic carbocycles. The summed E-state index contributed by atoms with van der Waals surface area (Å²) in [5, 5.41) is 13.4. The third-order valence-corrected chi connectivity index (χ3v) is 6.45. The summed E-state index contributed by atoms with van der Waals surface area (Å²) in [5.41, 5.74) is 3.49. The minimum atomic E-state index is -0.683. The molecule has 6 heteroatoms. The lowest BCUT2D eigenvalue weighted by Crippen LogP contribution is -3.14. The second-order valence-electron chi connectivity index (χ2n) is 8.55. The molecule has 1 atom stereocenters.